The lowest BCUT2D eigenvalue weighted by atomic mass is 9.85. The Kier molecular flexibility index (Phi) is 4.11. The van der Waals surface area contributed by atoms with E-state index in [-0.39, 0.29) is 69.3 Å². The van der Waals surface area contributed by atoms with E-state index < -0.39 is 0 Å². The second-order valence-electron chi connectivity index (χ2n) is 10.8. The first-order chi connectivity index (χ1) is 23.8. The van der Waals surface area contributed by atoms with Crippen LogP contribution >= 0.6 is 0 Å². The molecule has 8 aromatic carbocycles. The van der Waals surface area contributed by atoms with Gasteiger partial charge in [-0.1, -0.05) is 127 Å². The Labute approximate surface area is 257 Å². The number of furan rings is 1. The van der Waals surface area contributed by atoms with Crippen molar-refractivity contribution in [1.29, 1.82) is 0 Å². The van der Waals surface area contributed by atoms with Crippen LogP contribution in [-0.4, -0.2) is 0 Å². The third kappa shape index (κ3) is 3.79. The second-order valence-corrected chi connectivity index (χ2v) is 10.8. The maximum absolute atomic E-state index is 9.66. The van der Waals surface area contributed by atoms with Crippen molar-refractivity contribution in [2.45, 2.75) is 0 Å². The molecule has 0 spiro atoms. The number of hydrogen-bond acceptors (Lipinski definition) is 1. The van der Waals surface area contributed by atoms with Crippen molar-refractivity contribution in [1.82, 2.24) is 0 Å². The van der Waals surface area contributed by atoms with Crippen LogP contribution in [0.4, 0.5) is 0 Å². The second kappa shape index (κ2) is 9.44. The normalized spacial score (nSPS) is 13.7. The van der Waals surface area contributed by atoms with Gasteiger partial charge in [0.25, 0.3) is 0 Å². The van der Waals surface area contributed by atoms with E-state index in [1.807, 2.05) is 66.7 Å². The van der Waals surface area contributed by atoms with Crippen molar-refractivity contribution in [2.24, 2.45) is 0 Å². The van der Waals surface area contributed by atoms with Crippen LogP contribution in [0.15, 0.2) is 162 Å². The maximum Gasteiger partial charge on any atom is 0.136 e. The first-order valence-corrected chi connectivity index (χ1v) is 14.3. The molecule has 1 heterocycles. The van der Waals surface area contributed by atoms with Gasteiger partial charge in [-0.3, -0.25) is 0 Å². The van der Waals surface area contributed by atoms with Gasteiger partial charge < -0.3 is 4.42 Å². The highest BCUT2D eigenvalue weighted by Gasteiger charge is 2.18. The summed E-state index contributed by atoms with van der Waals surface area (Å²) in [6, 6.07) is 38.8. The van der Waals surface area contributed by atoms with Crippen molar-refractivity contribution < 1.29 is 12.6 Å². The Bertz CT molecular complexity index is 2780. The van der Waals surface area contributed by atoms with E-state index in [0.29, 0.717) is 11.1 Å². The maximum atomic E-state index is 9.66. The predicted octanol–water partition coefficient (Wildman–Crippen LogP) is 12.0. The summed E-state index contributed by atoms with van der Waals surface area (Å²) in [5.41, 5.74) is 3.86. The zero-order chi connectivity index (χ0) is 33.6. The quantitative estimate of drug-likeness (QED) is 0.199. The molecule has 9 aromatic rings. The molecule has 0 unspecified atom stereocenters. The number of hydrogen-bond donors (Lipinski definition) is 0. The lowest BCUT2D eigenvalue weighted by molar-refractivity contribution is 0.669. The summed E-state index contributed by atoms with van der Waals surface area (Å²) in [7, 11) is 0. The van der Waals surface area contributed by atoms with Gasteiger partial charge in [-0.15, -0.1) is 0 Å². The molecule has 1 nitrogen and oxygen atoms in total. The van der Waals surface area contributed by atoms with Crippen LogP contribution < -0.4 is 0 Å². The number of fused-ring (bicyclic) bond motifs is 6. The molecule has 0 saturated heterocycles. The topological polar surface area (TPSA) is 13.1 Å². The molecular weight excluding hydrogens is 520 g/mol. The van der Waals surface area contributed by atoms with E-state index in [1.54, 1.807) is 12.1 Å². The average molecular weight is 553 g/mol. The summed E-state index contributed by atoms with van der Waals surface area (Å²) in [5.74, 6) is 0. The molecule has 200 valence electrons. The summed E-state index contributed by atoms with van der Waals surface area (Å²) in [6.07, 6.45) is 0. The summed E-state index contributed by atoms with van der Waals surface area (Å²) < 4.78 is 61.3. The van der Waals surface area contributed by atoms with Crippen molar-refractivity contribution in [3.05, 3.63) is 158 Å². The first kappa shape index (κ1) is 18.7. The summed E-state index contributed by atoms with van der Waals surface area (Å²) >= 11 is 0. The Hall–Kier alpha value is -5.66. The lowest BCUT2D eigenvalue weighted by Crippen LogP contribution is -1.91. The fourth-order valence-electron chi connectivity index (χ4n) is 6.32. The molecule has 0 aliphatic heterocycles. The fraction of sp³-hybridized carbons (Fsp3) is 0. The molecule has 0 aliphatic carbocycles. The Balaban J connectivity index is 1.41. The first-order valence-electron chi connectivity index (χ1n) is 17.3. The average Bonchev–Trinajstić information content (AvgIpc) is 3.55. The molecule has 0 saturated carbocycles. The highest BCUT2D eigenvalue weighted by molar-refractivity contribution is 6.22. The highest BCUT2D eigenvalue weighted by Crippen LogP contribution is 2.45. The molecule has 0 radical (unpaired) electrons. The standard InChI is InChI=1S/C42H26O/c1-2-10-27(11-3-1)30-20-22-33-38-25-32(21-23-39(38)43-40(33)26-30)42-36-16-8-6-14-34(36)41(35-15-7-9-17-37(35)42)31-19-18-28-12-4-5-13-29(28)24-31/h1-26H/i20D,21D,22D,23D,25D,26D. The van der Waals surface area contributed by atoms with Gasteiger partial charge in [0.15, 0.2) is 0 Å². The molecule has 43 heavy (non-hydrogen) atoms. The van der Waals surface area contributed by atoms with Gasteiger partial charge >= 0.3 is 0 Å². The summed E-state index contributed by atoms with van der Waals surface area (Å²) in [6.45, 7) is 0. The zero-order valence-corrected chi connectivity index (χ0v) is 23.0. The van der Waals surface area contributed by atoms with Crippen LogP contribution in [-0.2, 0) is 0 Å². The Morgan fingerprint density at radius 3 is 1.70 bits per heavy atom. The van der Waals surface area contributed by atoms with E-state index in [4.69, 9.17) is 9.90 Å². The molecule has 0 atom stereocenters. The minimum absolute atomic E-state index is 0.0262. The Morgan fingerprint density at radius 2 is 0.977 bits per heavy atom. The van der Waals surface area contributed by atoms with Crippen molar-refractivity contribution in [3.63, 3.8) is 0 Å². The van der Waals surface area contributed by atoms with Gasteiger partial charge in [0.1, 0.15) is 11.2 Å². The molecule has 1 aromatic heterocycles. The van der Waals surface area contributed by atoms with Crippen molar-refractivity contribution in [2.75, 3.05) is 0 Å². The number of benzene rings is 8. The molecule has 0 bridgehead atoms. The summed E-state index contributed by atoms with van der Waals surface area (Å²) in [5, 5.41) is 6.15. The minimum atomic E-state index is -0.226. The SMILES string of the molecule is [2H]c1c(-c2c3ccccc3c(-c3ccc4ccccc4c3)c3ccccc23)c([2H])c2c(oc3c([2H])c(-c4ccccc4)c([2H])c([2H])c32)c1[2H]. The lowest BCUT2D eigenvalue weighted by Gasteiger charge is -2.18. The smallest absolute Gasteiger partial charge is 0.136 e. The number of rotatable bonds is 3. The molecule has 0 aliphatic rings. The molecule has 9 rings (SSSR count). The van der Waals surface area contributed by atoms with Crippen LogP contribution in [0.5, 0.6) is 0 Å². The molecule has 1 heteroatoms. The summed E-state index contributed by atoms with van der Waals surface area (Å²) in [4.78, 5) is 0. The van der Waals surface area contributed by atoms with Gasteiger partial charge in [-0.2, -0.15) is 0 Å². The fourth-order valence-corrected chi connectivity index (χ4v) is 6.32. The van der Waals surface area contributed by atoms with E-state index in [1.165, 1.54) is 0 Å². The largest absolute Gasteiger partial charge is 0.456 e. The van der Waals surface area contributed by atoms with Crippen LogP contribution in [0.2, 0.25) is 0 Å². The van der Waals surface area contributed by atoms with E-state index >= 15 is 0 Å². The predicted molar refractivity (Wildman–Crippen MR) is 183 cm³/mol. The molecule has 0 amide bonds. The van der Waals surface area contributed by atoms with Gasteiger partial charge in [-0.05, 0) is 95.9 Å². The van der Waals surface area contributed by atoms with Crippen LogP contribution in [0.3, 0.4) is 0 Å². The van der Waals surface area contributed by atoms with Crippen LogP contribution in [0.1, 0.15) is 8.22 Å². The van der Waals surface area contributed by atoms with E-state index in [0.717, 1.165) is 43.4 Å². The Morgan fingerprint density at radius 1 is 0.372 bits per heavy atom. The minimum Gasteiger partial charge on any atom is -0.456 e. The third-order valence-corrected chi connectivity index (χ3v) is 8.29. The molecule has 0 fully saturated rings. The van der Waals surface area contributed by atoms with E-state index in [9.17, 15) is 2.74 Å². The van der Waals surface area contributed by atoms with Crippen LogP contribution in [0, 0.1) is 0 Å². The van der Waals surface area contributed by atoms with Crippen LogP contribution in [0.25, 0.3) is 87.6 Å². The van der Waals surface area contributed by atoms with Crippen molar-refractivity contribution in [3.8, 4) is 33.4 Å². The van der Waals surface area contributed by atoms with Gasteiger partial charge in [0, 0.05) is 10.8 Å². The molecular formula is C42H26O. The highest BCUT2D eigenvalue weighted by atomic mass is 16.3. The van der Waals surface area contributed by atoms with Gasteiger partial charge in [0.2, 0.25) is 0 Å². The van der Waals surface area contributed by atoms with Crippen molar-refractivity contribution >= 4 is 54.3 Å². The monoisotopic (exact) mass is 552 g/mol. The molecule has 0 N–H and O–H groups in total. The third-order valence-electron chi connectivity index (χ3n) is 8.29. The van der Waals surface area contributed by atoms with Gasteiger partial charge in [0.05, 0.1) is 8.22 Å². The zero-order valence-electron chi connectivity index (χ0n) is 29.0. The van der Waals surface area contributed by atoms with Gasteiger partial charge in [-0.25, -0.2) is 0 Å². The van der Waals surface area contributed by atoms with E-state index in [2.05, 4.69) is 42.5 Å².